The summed E-state index contributed by atoms with van der Waals surface area (Å²) in [5.41, 5.74) is 2.33. The summed E-state index contributed by atoms with van der Waals surface area (Å²) in [4.78, 5) is 23.7. The van der Waals surface area contributed by atoms with Crippen molar-refractivity contribution in [3.63, 3.8) is 0 Å². The largest absolute Gasteiger partial charge is 0.333 e. The lowest BCUT2D eigenvalue weighted by Gasteiger charge is -2.24. The normalized spacial score (nSPS) is 11.7. The second-order valence-corrected chi connectivity index (χ2v) is 9.07. The van der Waals surface area contributed by atoms with Crippen molar-refractivity contribution in [2.24, 2.45) is 0 Å². The van der Waals surface area contributed by atoms with Crippen molar-refractivity contribution in [3.05, 3.63) is 59.2 Å². The Morgan fingerprint density at radius 1 is 1.00 bits per heavy atom. The summed E-state index contributed by atoms with van der Waals surface area (Å²) < 4.78 is 27.0. The molecule has 7 heteroatoms. The van der Waals surface area contributed by atoms with Gasteiger partial charge in [-0.15, -0.1) is 0 Å². The Balaban J connectivity index is 2.29. The fourth-order valence-corrected chi connectivity index (χ4v) is 3.61. The van der Waals surface area contributed by atoms with E-state index in [2.05, 4.69) is 5.32 Å². The Kier molecular flexibility index (Phi) is 5.75. The van der Waals surface area contributed by atoms with E-state index >= 15 is 0 Å². The van der Waals surface area contributed by atoms with Gasteiger partial charge in [0.1, 0.15) is 0 Å². The molecule has 0 aliphatic rings. The Labute approximate surface area is 160 Å². The molecule has 0 heterocycles. The summed E-state index contributed by atoms with van der Waals surface area (Å²) in [5.74, 6) is -0.258. The number of aryl methyl sites for hydroxylation is 1. The van der Waals surface area contributed by atoms with E-state index in [1.165, 1.54) is 31.2 Å². The molecule has 0 saturated carbocycles. The van der Waals surface area contributed by atoms with Gasteiger partial charge in [-0.25, -0.2) is 17.9 Å². The fourth-order valence-electron chi connectivity index (χ4n) is 2.66. The smallest absolute Gasteiger partial charge is 0.307 e. The first-order valence-corrected chi connectivity index (χ1v) is 9.95. The van der Waals surface area contributed by atoms with Gasteiger partial charge < -0.3 is 5.32 Å². The van der Waals surface area contributed by atoms with Crippen molar-refractivity contribution < 1.29 is 18.0 Å². The van der Waals surface area contributed by atoms with Gasteiger partial charge in [-0.05, 0) is 42.5 Å². The Morgan fingerprint density at radius 2 is 1.63 bits per heavy atom. The number of urea groups is 1. The first-order valence-electron chi connectivity index (χ1n) is 8.47. The van der Waals surface area contributed by atoms with Crippen molar-refractivity contribution in [2.75, 3.05) is 5.32 Å². The standard InChI is InChI=1S/C20H24N2O4S/c1-13-8-6-11-17(20(3,4)5)18(13)21-19(24)22-27(25,26)16-10-7-9-15(12-16)14(2)23/h6-12H,1-5H3,(H2,21,22,24). The third kappa shape index (κ3) is 4.95. The number of ketones is 1. The van der Waals surface area contributed by atoms with Crippen LogP contribution in [-0.4, -0.2) is 20.2 Å². The van der Waals surface area contributed by atoms with Crippen molar-refractivity contribution in [3.8, 4) is 0 Å². The van der Waals surface area contributed by atoms with Crippen molar-refractivity contribution in [1.29, 1.82) is 0 Å². The van der Waals surface area contributed by atoms with E-state index in [4.69, 9.17) is 0 Å². The van der Waals surface area contributed by atoms with Gasteiger partial charge in [0.15, 0.2) is 5.78 Å². The monoisotopic (exact) mass is 388 g/mol. The van der Waals surface area contributed by atoms with Crippen molar-refractivity contribution in [1.82, 2.24) is 4.72 Å². The van der Waals surface area contributed by atoms with Crippen LogP contribution < -0.4 is 10.0 Å². The number of sulfonamides is 1. The van der Waals surface area contributed by atoms with E-state index < -0.39 is 16.1 Å². The van der Waals surface area contributed by atoms with Crippen LogP contribution in [0, 0.1) is 6.92 Å². The molecular formula is C20H24N2O4S. The van der Waals surface area contributed by atoms with Crippen LogP contribution in [0.25, 0.3) is 0 Å². The lowest BCUT2D eigenvalue weighted by atomic mass is 9.84. The highest BCUT2D eigenvalue weighted by molar-refractivity contribution is 7.90. The maximum atomic E-state index is 12.5. The quantitative estimate of drug-likeness (QED) is 0.774. The second-order valence-electron chi connectivity index (χ2n) is 7.39. The van der Waals surface area contributed by atoms with Gasteiger partial charge in [-0.1, -0.05) is 51.1 Å². The van der Waals surface area contributed by atoms with Gasteiger partial charge in [0.25, 0.3) is 10.0 Å². The van der Waals surface area contributed by atoms with Crippen LogP contribution in [0.5, 0.6) is 0 Å². The molecule has 0 radical (unpaired) electrons. The highest BCUT2D eigenvalue weighted by Gasteiger charge is 2.23. The second kappa shape index (κ2) is 7.52. The first-order chi connectivity index (χ1) is 12.4. The fraction of sp³-hybridized carbons (Fsp3) is 0.300. The molecule has 0 spiro atoms. The number of anilines is 1. The first kappa shape index (κ1) is 20.6. The minimum absolute atomic E-state index is 0.147. The zero-order valence-electron chi connectivity index (χ0n) is 16.1. The van der Waals surface area contributed by atoms with Crippen LogP contribution in [0.4, 0.5) is 10.5 Å². The molecule has 0 bridgehead atoms. The van der Waals surface area contributed by atoms with Gasteiger partial charge in [0.2, 0.25) is 0 Å². The molecule has 27 heavy (non-hydrogen) atoms. The van der Waals surface area contributed by atoms with Crippen LogP contribution >= 0.6 is 0 Å². The molecule has 0 saturated heterocycles. The van der Waals surface area contributed by atoms with Gasteiger partial charge in [0.05, 0.1) is 4.90 Å². The third-order valence-corrected chi connectivity index (χ3v) is 5.43. The van der Waals surface area contributed by atoms with Crippen LogP contribution in [0.3, 0.4) is 0 Å². The maximum absolute atomic E-state index is 12.5. The average molecular weight is 388 g/mol. The topological polar surface area (TPSA) is 92.3 Å². The van der Waals surface area contributed by atoms with Crippen molar-refractivity contribution in [2.45, 2.75) is 44.9 Å². The number of nitrogens with one attached hydrogen (secondary N) is 2. The number of carbonyl (C=O) groups is 2. The van der Waals surface area contributed by atoms with E-state index in [0.29, 0.717) is 5.69 Å². The highest BCUT2D eigenvalue weighted by Crippen LogP contribution is 2.31. The number of benzene rings is 2. The molecule has 144 valence electrons. The zero-order chi connectivity index (χ0) is 20.4. The molecule has 2 aromatic rings. The summed E-state index contributed by atoms with van der Waals surface area (Å²) >= 11 is 0. The summed E-state index contributed by atoms with van der Waals surface area (Å²) in [6.45, 7) is 9.21. The molecular weight excluding hydrogens is 364 g/mol. The number of para-hydroxylation sites is 1. The summed E-state index contributed by atoms with van der Waals surface area (Å²) in [6.07, 6.45) is 0. The molecule has 0 aliphatic carbocycles. The minimum atomic E-state index is -4.11. The molecule has 0 fully saturated rings. The molecule has 0 unspecified atom stereocenters. The van der Waals surface area contributed by atoms with Crippen molar-refractivity contribution >= 4 is 27.5 Å². The van der Waals surface area contributed by atoms with E-state index in [9.17, 15) is 18.0 Å². The molecule has 0 aromatic heterocycles. The Morgan fingerprint density at radius 3 is 2.22 bits per heavy atom. The number of rotatable bonds is 4. The molecule has 2 N–H and O–H groups in total. The Hall–Kier alpha value is -2.67. The van der Waals surface area contributed by atoms with E-state index in [1.807, 2.05) is 50.6 Å². The summed E-state index contributed by atoms with van der Waals surface area (Å²) in [7, 11) is -4.11. The van der Waals surface area contributed by atoms with Gasteiger partial charge in [-0.2, -0.15) is 0 Å². The van der Waals surface area contributed by atoms with Gasteiger partial charge in [0, 0.05) is 11.3 Å². The Bertz CT molecular complexity index is 989. The number of hydrogen-bond donors (Lipinski definition) is 2. The van der Waals surface area contributed by atoms with E-state index in [-0.39, 0.29) is 21.7 Å². The number of Topliss-reactive ketones (excluding diaryl/α,β-unsaturated/α-hetero) is 1. The molecule has 0 aliphatic heterocycles. The maximum Gasteiger partial charge on any atom is 0.333 e. The van der Waals surface area contributed by atoms with Crippen LogP contribution in [-0.2, 0) is 15.4 Å². The SMILES string of the molecule is CC(=O)c1cccc(S(=O)(=O)NC(=O)Nc2c(C)cccc2C(C)(C)C)c1. The lowest BCUT2D eigenvalue weighted by Crippen LogP contribution is -2.35. The number of hydrogen-bond acceptors (Lipinski definition) is 4. The molecule has 0 atom stereocenters. The third-order valence-electron chi connectivity index (χ3n) is 4.10. The number of amides is 2. The molecule has 6 nitrogen and oxygen atoms in total. The van der Waals surface area contributed by atoms with E-state index in [1.54, 1.807) is 0 Å². The summed E-state index contributed by atoms with van der Waals surface area (Å²) in [6, 6.07) is 10.3. The van der Waals surface area contributed by atoms with Crippen LogP contribution in [0.2, 0.25) is 0 Å². The number of carbonyl (C=O) groups excluding carboxylic acids is 2. The highest BCUT2D eigenvalue weighted by atomic mass is 32.2. The predicted octanol–water partition coefficient (Wildman–Crippen LogP) is 4.01. The molecule has 2 rings (SSSR count). The summed E-state index contributed by atoms with van der Waals surface area (Å²) in [5, 5.41) is 2.65. The van der Waals surface area contributed by atoms with Crippen LogP contribution in [0.15, 0.2) is 47.4 Å². The zero-order valence-corrected chi connectivity index (χ0v) is 16.9. The van der Waals surface area contributed by atoms with Gasteiger partial charge in [-0.3, -0.25) is 4.79 Å². The van der Waals surface area contributed by atoms with Gasteiger partial charge >= 0.3 is 6.03 Å². The average Bonchev–Trinajstić information content (AvgIpc) is 2.55. The molecule has 2 aromatic carbocycles. The van der Waals surface area contributed by atoms with Crippen LogP contribution in [0.1, 0.15) is 49.2 Å². The lowest BCUT2D eigenvalue weighted by molar-refractivity contribution is 0.101. The minimum Gasteiger partial charge on any atom is -0.307 e. The van der Waals surface area contributed by atoms with E-state index in [0.717, 1.165) is 11.1 Å². The predicted molar refractivity (Wildman–Crippen MR) is 106 cm³/mol. The molecule has 2 amide bonds.